The van der Waals surface area contributed by atoms with Gasteiger partial charge in [0.15, 0.2) is 5.78 Å². The zero-order valence-corrected chi connectivity index (χ0v) is 8.93. The van der Waals surface area contributed by atoms with E-state index in [1.54, 1.807) is 29.2 Å². The van der Waals surface area contributed by atoms with Crippen molar-refractivity contribution in [1.29, 1.82) is 0 Å². The van der Waals surface area contributed by atoms with Gasteiger partial charge in [0.1, 0.15) is 0 Å². The average Bonchev–Trinajstić information content (AvgIpc) is 2.83. The molecule has 3 heteroatoms. The van der Waals surface area contributed by atoms with Crippen LogP contribution in [0.4, 0.5) is 0 Å². The molecule has 3 nitrogen and oxygen atoms in total. The molecule has 0 aromatic heterocycles. The van der Waals surface area contributed by atoms with Gasteiger partial charge in [0, 0.05) is 18.7 Å². The van der Waals surface area contributed by atoms with Crippen LogP contribution in [0.1, 0.15) is 16.8 Å². The lowest BCUT2D eigenvalue weighted by atomic mass is 10.1. The predicted molar refractivity (Wildman–Crippen MR) is 61.1 cm³/mol. The summed E-state index contributed by atoms with van der Waals surface area (Å²) in [6, 6.07) is 8.92. The van der Waals surface area contributed by atoms with Crippen molar-refractivity contribution in [3.63, 3.8) is 0 Å². The van der Waals surface area contributed by atoms with Crippen LogP contribution in [0, 0.1) is 0 Å². The zero-order chi connectivity index (χ0) is 11.4. The van der Waals surface area contributed by atoms with Crippen LogP contribution in [0.25, 0.3) is 0 Å². The number of carbonyl (C=O) groups excluding carboxylic acids is 2. The summed E-state index contributed by atoms with van der Waals surface area (Å²) in [5.74, 6) is -0.212. The van der Waals surface area contributed by atoms with Gasteiger partial charge in [0.2, 0.25) is 5.91 Å². The fraction of sp³-hybridized carbons (Fsp3) is 0.231. The van der Waals surface area contributed by atoms with Gasteiger partial charge in [-0.3, -0.25) is 9.59 Å². The molecule has 1 amide bonds. The molecule has 0 saturated carbocycles. The Kier molecular flexibility index (Phi) is 3.15. The van der Waals surface area contributed by atoms with E-state index in [2.05, 4.69) is 0 Å². The van der Waals surface area contributed by atoms with Gasteiger partial charge in [0.25, 0.3) is 0 Å². The molecule has 1 aliphatic rings. The summed E-state index contributed by atoms with van der Waals surface area (Å²) in [6.45, 7) is 1.25. The van der Waals surface area contributed by atoms with Gasteiger partial charge in [-0.15, -0.1) is 0 Å². The van der Waals surface area contributed by atoms with Gasteiger partial charge in [-0.25, -0.2) is 0 Å². The third kappa shape index (κ3) is 2.37. The Labute approximate surface area is 94.4 Å². The van der Waals surface area contributed by atoms with E-state index >= 15 is 0 Å². The summed E-state index contributed by atoms with van der Waals surface area (Å²) < 4.78 is 0. The van der Waals surface area contributed by atoms with Crippen LogP contribution in [-0.4, -0.2) is 29.7 Å². The lowest BCUT2D eigenvalue weighted by Crippen LogP contribution is -2.29. The van der Waals surface area contributed by atoms with Crippen molar-refractivity contribution >= 4 is 11.7 Å². The first-order valence-electron chi connectivity index (χ1n) is 5.28. The Morgan fingerprint density at radius 1 is 1.06 bits per heavy atom. The Hall–Kier alpha value is -1.90. The second-order valence-corrected chi connectivity index (χ2v) is 3.74. The van der Waals surface area contributed by atoms with Crippen LogP contribution in [0.3, 0.4) is 0 Å². The van der Waals surface area contributed by atoms with E-state index < -0.39 is 0 Å². The molecule has 0 fully saturated rings. The molecule has 82 valence electrons. The van der Waals surface area contributed by atoms with Gasteiger partial charge >= 0.3 is 0 Å². The molecule has 2 rings (SSSR count). The summed E-state index contributed by atoms with van der Waals surface area (Å²) >= 11 is 0. The van der Waals surface area contributed by atoms with Crippen LogP contribution in [0.2, 0.25) is 0 Å². The van der Waals surface area contributed by atoms with Crippen LogP contribution < -0.4 is 0 Å². The lowest BCUT2D eigenvalue weighted by Gasteiger charge is -2.14. The average molecular weight is 215 g/mol. The zero-order valence-electron chi connectivity index (χ0n) is 8.93. The first-order chi connectivity index (χ1) is 7.77. The monoisotopic (exact) mass is 215 g/mol. The Balaban J connectivity index is 1.95. The molecular formula is C13H13NO2. The smallest absolute Gasteiger partial charge is 0.230 e. The van der Waals surface area contributed by atoms with Crippen molar-refractivity contribution in [3.8, 4) is 0 Å². The van der Waals surface area contributed by atoms with Crippen molar-refractivity contribution in [2.24, 2.45) is 0 Å². The van der Waals surface area contributed by atoms with E-state index in [0.717, 1.165) is 0 Å². The van der Waals surface area contributed by atoms with E-state index in [1.165, 1.54) is 0 Å². The minimum Gasteiger partial charge on any atom is -0.335 e. The van der Waals surface area contributed by atoms with Crippen molar-refractivity contribution in [2.75, 3.05) is 13.1 Å². The summed E-state index contributed by atoms with van der Waals surface area (Å²) in [4.78, 5) is 25.1. The molecule has 1 heterocycles. The van der Waals surface area contributed by atoms with E-state index in [-0.39, 0.29) is 18.1 Å². The molecule has 0 spiro atoms. The maximum Gasteiger partial charge on any atom is 0.230 e. The van der Waals surface area contributed by atoms with Crippen molar-refractivity contribution in [3.05, 3.63) is 48.0 Å². The SMILES string of the molecule is O=C(CC(=O)N1CC=CC1)c1ccccc1. The number of carbonyl (C=O) groups is 2. The minimum absolute atomic E-state index is 0.0360. The molecule has 0 aliphatic carbocycles. The van der Waals surface area contributed by atoms with Crippen LogP contribution >= 0.6 is 0 Å². The molecule has 1 aromatic rings. The fourth-order valence-electron chi connectivity index (χ4n) is 1.66. The molecule has 1 aliphatic heterocycles. The summed E-state index contributed by atoms with van der Waals surface area (Å²) in [6.07, 6.45) is 3.83. The maximum atomic E-state index is 11.7. The highest BCUT2D eigenvalue weighted by Crippen LogP contribution is 2.07. The minimum atomic E-state index is -0.113. The molecule has 0 atom stereocenters. The number of hydrogen-bond acceptors (Lipinski definition) is 2. The number of rotatable bonds is 3. The topological polar surface area (TPSA) is 37.4 Å². The van der Waals surface area contributed by atoms with E-state index in [9.17, 15) is 9.59 Å². The van der Waals surface area contributed by atoms with Crippen molar-refractivity contribution in [2.45, 2.75) is 6.42 Å². The van der Waals surface area contributed by atoms with Gasteiger partial charge in [-0.1, -0.05) is 42.5 Å². The summed E-state index contributed by atoms with van der Waals surface area (Å²) in [5, 5.41) is 0. The number of nitrogens with zero attached hydrogens (tertiary/aromatic N) is 1. The van der Waals surface area contributed by atoms with Gasteiger partial charge in [-0.05, 0) is 0 Å². The first kappa shape index (κ1) is 10.6. The van der Waals surface area contributed by atoms with Crippen LogP contribution in [-0.2, 0) is 4.79 Å². The third-order valence-electron chi connectivity index (χ3n) is 2.58. The first-order valence-corrected chi connectivity index (χ1v) is 5.28. The Morgan fingerprint density at radius 2 is 1.69 bits per heavy atom. The standard InChI is InChI=1S/C13H13NO2/c15-12(11-6-2-1-3-7-11)10-13(16)14-8-4-5-9-14/h1-7H,8-10H2. The Bertz CT molecular complexity index is 415. The summed E-state index contributed by atoms with van der Waals surface area (Å²) in [5.41, 5.74) is 0.600. The Morgan fingerprint density at radius 3 is 2.31 bits per heavy atom. The lowest BCUT2D eigenvalue weighted by molar-refractivity contribution is -0.128. The normalized spacial score (nSPS) is 14.1. The second-order valence-electron chi connectivity index (χ2n) is 3.74. The van der Waals surface area contributed by atoms with Gasteiger partial charge < -0.3 is 4.90 Å². The van der Waals surface area contributed by atoms with E-state index in [4.69, 9.17) is 0 Å². The number of ketones is 1. The molecule has 1 aromatic carbocycles. The van der Waals surface area contributed by atoms with Crippen molar-refractivity contribution < 1.29 is 9.59 Å². The third-order valence-corrected chi connectivity index (χ3v) is 2.58. The molecule has 0 radical (unpaired) electrons. The molecule has 0 bridgehead atoms. The van der Waals surface area contributed by atoms with E-state index in [0.29, 0.717) is 18.7 Å². The quantitative estimate of drug-likeness (QED) is 0.437. The number of Topliss-reactive ketones (excluding diaryl/α,β-unsaturated/α-hetero) is 1. The maximum absolute atomic E-state index is 11.7. The second kappa shape index (κ2) is 4.75. The molecule has 0 unspecified atom stereocenters. The largest absolute Gasteiger partial charge is 0.335 e. The number of hydrogen-bond donors (Lipinski definition) is 0. The van der Waals surface area contributed by atoms with Gasteiger partial charge in [-0.2, -0.15) is 0 Å². The molecule has 0 saturated heterocycles. The highest BCUT2D eigenvalue weighted by molar-refractivity contribution is 6.07. The van der Waals surface area contributed by atoms with E-state index in [1.807, 2.05) is 18.2 Å². The van der Waals surface area contributed by atoms with Crippen LogP contribution in [0.15, 0.2) is 42.5 Å². The highest BCUT2D eigenvalue weighted by atomic mass is 16.2. The number of amides is 1. The van der Waals surface area contributed by atoms with Gasteiger partial charge in [0.05, 0.1) is 6.42 Å². The van der Waals surface area contributed by atoms with Crippen LogP contribution in [0.5, 0.6) is 0 Å². The molecular weight excluding hydrogens is 202 g/mol. The number of benzene rings is 1. The van der Waals surface area contributed by atoms with Crippen molar-refractivity contribution in [1.82, 2.24) is 4.90 Å². The fourth-order valence-corrected chi connectivity index (χ4v) is 1.66. The summed E-state index contributed by atoms with van der Waals surface area (Å²) in [7, 11) is 0. The molecule has 0 N–H and O–H groups in total. The predicted octanol–water partition coefficient (Wildman–Crippen LogP) is 1.66. The highest BCUT2D eigenvalue weighted by Gasteiger charge is 2.18. The molecule has 16 heavy (non-hydrogen) atoms.